The van der Waals surface area contributed by atoms with Crippen LogP contribution in [0.15, 0.2) is 71.5 Å². The molecule has 26 heavy (non-hydrogen) atoms. The molecule has 0 amide bonds. The van der Waals surface area contributed by atoms with Crippen LogP contribution in [0.1, 0.15) is 32.3 Å². The lowest BCUT2D eigenvalue weighted by Gasteiger charge is -2.10. The van der Waals surface area contributed by atoms with Crippen molar-refractivity contribution in [1.29, 1.82) is 0 Å². The van der Waals surface area contributed by atoms with Gasteiger partial charge in [0.25, 0.3) is 0 Å². The Bertz CT molecular complexity index is 1260. The monoisotopic (exact) mass is 339 g/mol. The zero-order chi connectivity index (χ0) is 17.8. The highest BCUT2D eigenvalue weighted by molar-refractivity contribution is 6.29. The van der Waals surface area contributed by atoms with E-state index in [9.17, 15) is 14.4 Å². The lowest BCUT2D eigenvalue weighted by atomic mass is 9.97. The van der Waals surface area contributed by atoms with Crippen LogP contribution < -0.4 is 5.43 Å². The Hall–Kier alpha value is -3.53. The van der Waals surface area contributed by atoms with E-state index in [1.807, 2.05) is 30.3 Å². The molecule has 0 atom stereocenters. The van der Waals surface area contributed by atoms with Crippen molar-refractivity contribution in [3.8, 4) is 0 Å². The lowest BCUT2D eigenvalue weighted by Crippen LogP contribution is -2.17. The molecule has 1 heterocycles. The second-order valence-corrected chi connectivity index (χ2v) is 6.51. The van der Waals surface area contributed by atoms with Crippen molar-refractivity contribution >= 4 is 33.2 Å². The maximum absolute atomic E-state index is 12.8. The first-order valence-corrected chi connectivity index (χ1v) is 8.37. The highest BCUT2D eigenvalue weighted by Gasteiger charge is 2.40. The van der Waals surface area contributed by atoms with E-state index < -0.39 is 5.92 Å². The van der Waals surface area contributed by atoms with Gasteiger partial charge in [-0.2, -0.15) is 0 Å². The maximum atomic E-state index is 12.8. The van der Waals surface area contributed by atoms with Crippen LogP contribution in [0.4, 0.5) is 0 Å². The topological polar surface area (TPSA) is 67.0 Å². The minimum absolute atomic E-state index is 0.198. The molecule has 4 heteroatoms. The van der Waals surface area contributed by atoms with Gasteiger partial charge in [0.2, 0.25) is 0 Å². The number of pyridine rings is 1. The average molecular weight is 339 g/mol. The van der Waals surface area contributed by atoms with E-state index in [2.05, 4.69) is 4.98 Å². The molecule has 0 aliphatic heterocycles. The molecule has 4 nitrogen and oxygen atoms in total. The summed E-state index contributed by atoms with van der Waals surface area (Å²) < 4.78 is 0. The lowest BCUT2D eigenvalue weighted by molar-refractivity contribution is 0.0888. The van der Waals surface area contributed by atoms with Crippen LogP contribution in [0.3, 0.4) is 0 Å². The molecule has 1 aromatic heterocycles. The number of Topliss-reactive ketones (excluding diaryl/α,β-unsaturated/α-hetero) is 2. The predicted octanol–water partition coefficient (Wildman–Crippen LogP) is 3.84. The molecule has 0 saturated carbocycles. The number of aromatic amines is 1. The molecular weight excluding hydrogens is 326 g/mol. The fraction of sp³-hybridized carbons (Fsp3) is 0.0455. The first kappa shape index (κ1) is 14.8. The van der Waals surface area contributed by atoms with Gasteiger partial charge in [-0.25, -0.2) is 0 Å². The van der Waals surface area contributed by atoms with E-state index in [-0.39, 0.29) is 17.0 Å². The molecule has 0 spiro atoms. The van der Waals surface area contributed by atoms with Crippen molar-refractivity contribution in [2.45, 2.75) is 5.92 Å². The Kier molecular flexibility index (Phi) is 2.97. The molecule has 1 aliphatic rings. The number of hydrogen-bond donors (Lipinski definition) is 1. The van der Waals surface area contributed by atoms with Gasteiger partial charge in [-0.15, -0.1) is 0 Å². The van der Waals surface area contributed by atoms with Crippen molar-refractivity contribution < 1.29 is 9.59 Å². The Balaban J connectivity index is 1.79. The smallest absolute Gasteiger partial charge is 0.189 e. The average Bonchev–Trinajstić information content (AvgIpc) is 2.92. The molecule has 4 aromatic rings. The van der Waals surface area contributed by atoms with Gasteiger partial charge in [0.15, 0.2) is 17.0 Å². The number of hydrogen-bond acceptors (Lipinski definition) is 3. The molecule has 0 unspecified atom stereocenters. The minimum Gasteiger partial charge on any atom is -0.357 e. The van der Waals surface area contributed by atoms with Crippen LogP contribution >= 0.6 is 0 Å². The summed E-state index contributed by atoms with van der Waals surface area (Å²) in [6, 6.07) is 19.5. The molecule has 1 N–H and O–H groups in total. The second-order valence-electron chi connectivity index (χ2n) is 6.51. The second kappa shape index (κ2) is 5.23. The summed E-state index contributed by atoms with van der Waals surface area (Å²) in [5, 5.41) is 2.42. The third-order valence-corrected chi connectivity index (χ3v) is 5.04. The van der Waals surface area contributed by atoms with E-state index in [4.69, 9.17) is 0 Å². The summed E-state index contributed by atoms with van der Waals surface area (Å²) in [4.78, 5) is 41.4. The van der Waals surface area contributed by atoms with Crippen LogP contribution in [-0.2, 0) is 0 Å². The number of fused-ring (bicyclic) bond motifs is 4. The summed E-state index contributed by atoms with van der Waals surface area (Å²) in [5.74, 6) is -1.51. The van der Waals surface area contributed by atoms with Crippen LogP contribution in [-0.4, -0.2) is 16.6 Å². The van der Waals surface area contributed by atoms with Crippen molar-refractivity contribution in [2.75, 3.05) is 0 Å². The number of carbonyl (C=O) groups is 2. The fourth-order valence-corrected chi connectivity index (χ4v) is 3.79. The number of H-pyrrole nitrogens is 1. The largest absolute Gasteiger partial charge is 0.357 e. The van der Waals surface area contributed by atoms with Gasteiger partial charge in [-0.3, -0.25) is 14.4 Å². The third kappa shape index (κ3) is 1.93. The van der Waals surface area contributed by atoms with E-state index in [0.29, 0.717) is 27.7 Å². The number of nitrogens with one attached hydrogen (secondary N) is 1. The highest BCUT2D eigenvalue weighted by atomic mass is 16.2. The normalized spacial score (nSPS) is 14.3. The van der Waals surface area contributed by atoms with Crippen molar-refractivity contribution in [2.24, 2.45) is 0 Å². The summed E-state index contributed by atoms with van der Waals surface area (Å²) in [6.45, 7) is 0. The number of ketones is 2. The number of carbonyl (C=O) groups excluding carboxylic acids is 2. The van der Waals surface area contributed by atoms with Crippen LogP contribution in [0.25, 0.3) is 21.7 Å². The van der Waals surface area contributed by atoms with Gasteiger partial charge in [0, 0.05) is 33.7 Å². The molecule has 0 radical (unpaired) electrons. The number of rotatable bonds is 1. The number of aromatic nitrogens is 1. The summed E-state index contributed by atoms with van der Waals surface area (Å²) in [7, 11) is 0. The maximum Gasteiger partial charge on any atom is 0.189 e. The zero-order valence-corrected chi connectivity index (χ0v) is 13.7. The standard InChI is InChI=1S/C22H13NO3/c24-18-11-17(19-21(25)14-7-3-4-8-15(14)22(19)26)23-20-13-6-2-1-5-12(13)9-10-16(18)20/h1-11,19H,(H,23,24). The predicted molar refractivity (Wildman–Crippen MR) is 99.9 cm³/mol. The Labute approximate surface area is 148 Å². The van der Waals surface area contributed by atoms with E-state index >= 15 is 0 Å². The fourth-order valence-electron chi connectivity index (χ4n) is 3.79. The SMILES string of the molecule is O=C1c2ccccc2C(=O)C1c1cc(=O)c2ccc3ccccc3c2[nH]1. The van der Waals surface area contributed by atoms with E-state index in [0.717, 1.165) is 10.8 Å². The molecule has 0 fully saturated rings. The first-order chi connectivity index (χ1) is 12.6. The highest BCUT2D eigenvalue weighted by Crippen LogP contribution is 2.33. The van der Waals surface area contributed by atoms with E-state index in [1.165, 1.54) is 6.07 Å². The van der Waals surface area contributed by atoms with Gasteiger partial charge < -0.3 is 4.98 Å². The minimum atomic E-state index is -0.983. The number of benzene rings is 3. The Morgan fingerprint density at radius 2 is 1.35 bits per heavy atom. The Morgan fingerprint density at radius 3 is 2.08 bits per heavy atom. The zero-order valence-electron chi connectivity index (χ0n) is 13.7. The summed E-state index contributed by atoms with van der Waals surface area (Å²) in [6.07, 6.45) is 0. The van der Waals surface area contributed by atoms with Gasteiger partial charge >= 0.3 is 0 Å². The molecule has 3 aromatic carbocycles. The Morgan fingerprint density at radius 1 is 0.692 bits per heavy atom. The molecule has 124 valence electrons. The van der Waals surface area contributed by atoms with Gasteiger partial charge in [-0.1, -0.05) is 54.6 Å². The molecule has 0 saturated heterocycles. The van der Waals surface area contributed by atoms with Gasteiger partial charge in [0.05, 0.1) is 5.52 Å². The molecule has 1 aliphatic carbocycles. The summed E-state index contributed by atoms with van der Waals surface area (Å²) >= 11 is 0. The molecular formula is C22H13NO3. The first-order valence-electron chi connectivity index (χ1n) is 8.37. The van der Waals surface area contributed by atoms with Crippen LogP contribution in [0.5, 0.6) is 0 Å². The van der Waals surface area contributed by atoms with Crippen molar-refractivity contribution in [1.82, 2.24) is 4.98 Å². The third-order valence-electron chi connectivity index (χ3n) is 5.04. The molecule has 0 bridgehead atoms. The van der Waals surface area contributed by atoms with Crippen LogP contribution in [0.2, 0.25) is 0 Å². The summed E-state index contributed by atoms with van der Waals surface area (Å²) in [5.41, 5.74) is 1.64. The van der Waals surface area contributed by atoms with E-state index in [1.54, 1.807) is 30.3 Å². The molecule has 5 rings (SSSR count). The van der Waals surface area contributed by atoms with Crippen molar-refractivity contribution in [3.63, 3.8) is 0 Å². The quantitative estimate of drug-likeness (QED) is 0.423. The van der Waals surface area contributed by atoms with Gasteiger partial charge in [-0.05, 0) is 11.5 Å². The van der Waals surface area contributed by atoms with Crippen molar-refractivity contribution in [3.05, 3.63) is 93.8 Å². The van der Waals surface area contributed by atoms with Gasteiger partial charge in [0.1, 0.15) is 5.92 Å². The van der Waals surface area contributed by atoms with Crippen LogP contribution in [0, 0.1) is 0 Å².